The molecule has 0 fully saturated rings. The van der Waals surface area contributed by atoms with Gasteiger partial charge in [0, 0.05) is 11.6 Å². The average Bonchev–Trinajstić information content (AvgIpc) is 2.80. The smallest absolute Gasteiger partial charge is 0.140 e. The van der Waals surface area contributed by atoms with Gasteiger partial charge in [0.15, 0.2) is 0 Å². The van der Waals surface area contributed by atoms with E-state index < -0.39 is 0 Å². The maximum Gasteiger partial charge on any atom is 0.140 e. The number of hydrogen-bond acceptors (Lipinski definition) is 4. The number of ether oxygens (including phenoxy) is 1. The third kappa shape index (κ3) is 3.05. The van der Waals surface area contributed by atoms with Crippen LogP contribution in [0.25, 0.3) is 0 Å². The first-order valence-corrected chi connectivity index (χ1v) is 6.06. The van der Waals surface area contributed by atoms with Gasteiger partial charge in [-0.05, 0) is 30.7 Å². The first-order valence-electron chi connectivity index (χ1n) is 5.18. The zero-order chi connectivity index (χ0) is 11.2. The fourth-order valence-electron chi connectivity index (χ4n) is 1.43. The molecule has 4 heteroatoms. The van der Waals surface area contributed by atoms with Crippen molar-refractivity contribution < 1.29 is 4.74 Å². The zero-order valence-corrected chi connectivity index (χ0v) is 9.74. The Morgan fingerprint density at radius 2 is 2.31 bits per heavy atom. The second-order valence-corrected chi connectivity index (χ2v) is 4.38. The predicted octanol–water partition coefficient (Wildman–Crippen LogP) is 2.22. The lowest BCUT2D eigenvalue weighted by Crippen LogP contribution is -2.03. The molecule has 0 amide bonds. The minimum absolute atomic E-state index is 0.531. The van der Waals surface area contributed by atoms with Crippen molar-refractivity contribution in [1.29, 1.82) is 0 Å². The molecule has 0 aliphatic rings. The Bertz CT molecular complexity index is 428. The number of nitrogens with two attached hydrogens (primary N) is 1. The second-order valence-electron chi connectivity index (χ2n) is 3.40. The van der Waals surface area contributed by atoms with Gasteiger partial charge < -0.3 is 10.5 Å². The summed E-state index contributed by atoms with van der Waals surface area (Å²) in [5.74, 6) is 0.876. The van der Waals surface area contributed by atoms with Gasteiger partial charge >= 0.3 is 0 Å². The van der Waals surface area contributed by atoms with Gasteiger partial charge in [0.05, 0.1) is 0 Å². The zero-order valence-electron chi connectivity index (χ0n) is 8.93. The monoisotopic (exact) mass is 234 g/mol. The summed E-state index contributed by atoms with van der Waals surface area (Å²) in [4.78, 5) is 4.16. The fourth-order valence-corrected chi connectivity index (χ4v) is 1.95. The summed E-state index contributed by atoms with van der Waals surface area (Å²) in [6, 6.07) is 8.03. The van der Waals surface area contributed by atoms with Gasteiger partial charge in [0.1, 0.15) is 17.4 Å². The van der Waals surface area contributed by atoms with Crippen molar-refractivity contribution in [3.8, 4) is 5.75 Å². The van der Waals surface area contributed by atoms with Crippen LogP contribution in [0, 0.1) is 0 Å². The number of nitrogens with zero attached hydrogens (tertiary/aromatic N) is 1. The van der Waals surface area contributed by atoms with Gasteiger partial charge in [-0.3, -0.25) is 0 Å². The van der Waals surface area contributed by atoms with Crippen molar-refractivity contribution in [1.82, 2.24) is 4.98 Å². The van der Waals surface area contributed by atoms with Crippen molar-refractivity contribution in [2.75, 3.05) is 6.54 Å². The molecule has 2 aromatic rings. The number of hydrogen-bond donors (Lipinski definition) is 1. The molecular weight excluding hydrogens is 220 g/mol. The van der Waals surface area contributed by atoms with Crippen LogP contribution in [0.3, 0.4) is 0 Å². The molecular formula is C12H14N2OS. The Morgan fingerprint density at radius 3 is 3.06 bits per heavy atom. The van der Waals surface area contributed by atoms with Crippen LogP contribution in [-0.2, 0) is 13.0 Å². The Balaban J connectivity index is 1.96. The lowest BCUT2D eigenvalue weighted by atomic mass is 10.1. The summed E-state index contributed by atoms with van der Waals surface area (Å²) in [6.07, 6.45) is 2.67. The van der Waals surface area contributed by atoms with Gasteiger partial charge in [0.25, 0.3) is 0 Å². The van der Waals surface area contributed by atoms with Crippen LogP contribution in [0.2, 0.25) is 0 Å². The quantitative estimate of drug-likeness (QED) is 0.863. The van der Waals surface area contributed by atoms with E-state index in [1.54, 1.807) is 17.5 Å². The number of aromatic nitrogens is 1. The lowest BCUT2D eigenvalue weighted by molar-refractivity contribution is 0.305. The Labute approximate surface area is 98.9 Å². The highest BCUT2D eigenvalue weighted by molar-refractivity contribution is 7.09. The van der Waals surface area contributed by atoms with E-state index in [4.69, 9.17) is 10.5 Å². The van der Waals surface area contributed by atoms with Crippen LogP contribution < -0.4 is 10.5 Å². The molecule has 0 unspecified atom stereocenters. The Kier molecular flexibility index (Phi) is 3.91. The Hall–Kier alpha value is -1.39. The molecule has 84 valence electrons. The van der Waals surface area contributed by atoms with Crippen molar-refractivity contribution in [2.24, 2.45) is 5.73 Å². The van der Waals surface area contributed by atoms with E-state index in [0.717, 1.165) is 17.2 Å². The summed E-state index contributed by atoms with van der Waals surface area (Å²) in [5.41, 5.74) is 6.72. The number of benzene rings is 1. The second kappa shape index (κ2) is 5.63. The van der Waals surface area contributed by atoms with Crippen LogP contribution in [0.5, 0.6) is 5.75 Å². The van der Waals surface area contributed by atoms with Crippen LogP contribution in [0.15, 0.2) is 35.8 Å². The third-order valence-corrected chi connectivity index (χ3v) is 2.93. The van der Waals surface area contributed by atoms with Crippen LogP contribution in [0.1, 0.15) is 10.6 Å². The molecule has 0 saturated carbocycles. The van der Waals surface area contributed by atoms with Gasteiger partial charge in [-0.25, -0.2) is 4.98 Å². The highest BCUT2D eigenvalue weighted by Gasteiger charge is 1.99. The van der Waals surface area contributed by atoms with E-state index in [2.05, 4.69) is 11.1 Å². The molecule has 1 aromatic carbocycles. The minimum Gasteiger partial charge on any atom is -0.486 e. The molecule has 0 radical (unpaired) electrons. The highest BCUT2D eigenvalue weighted by atomic mass is 32.1. The van der Waals surface area contributed by atoms with Gasteiger partial charge in [0.2, 0.25) is 0 Å². The molecule has 1 heterocycles. The van der Waals surface area contributed by atoms with Gasteiger partial charge in [-0.2, -0.15) is 0 Å². The maximum atomic E-state index is 5.64. The summed E-state index contributed by atoms with van der Waals surface area (Å²) in [7, 11) is 0. The largest absolute Gasteiger partial charge is 0.486 e. The molecule has 0 bridgehead atoms. The predicted molar refractivity (Wildman–Crippen MR) is 65.6 cm³/mol. The normalized spacial score (nSPS) is 10.3. The fraction of sp³-hybridized carbons (Fsp3) is 0.250. The summed E-state index contributed by atoms with van der Waals surface area (Å²) < 4.78 is 5.64. The molecule has 16 heavy (non-hydrogen) atoms. The van der Waals surface area contributed by atoms with Gasteiger partial charge in [-0.15, -0.1) is 11.3 Å². The topological polar surface area (TPSA) is 48.1 Å². The molecule has 0 saturated heterocycles. The van der Waals surface area contributed by atoms with E-state index in [1.165, 1.54) is 5.56 Å². The van der Waals surface area contributed by atoms with Crippen molar-refractivity contribution in [3.63, 3.8) is 0 Å². The minimum atomic E-state index is 0.531. The SMILES string of the molecule is NCCc1cccc(OCc2nccs2)c1. The molecule has 2 N–H and O–H groups in total. The molecule has 0 atom stereocenters. The van der Waals surface area contributed by atoms with E-state index in [-0.39, 0.29) is 0 Å². The molecule has 2 rings (SSSR count). The van der Waals surface area contributed by atoms with Crippen LogP contribution in [-0.4, -0.2) is 11.5 Å². The number of rotatable bonds is 5. The van der Waals surface area contributed by atoms with Crippen molar-refractivity contribution >= 4 is 11.3 Å². The summed E-state index contributed by atoms with van der Waals surface area (Å²) in [6.45, 7) is 1.19. The van der Waals surface area contributed by atoms with E-state index >= 15 is 0 Å². The highest BCUT2D eigenvalue weighted by Crippen LogP contribution is 2.16. The lowest BCUT2D eigenvalue weighted by Gasteiger charge is -2.05. The van der Waals surface area contributed by atoms with Crippen molar-refractivity contribution in [2.45, 2.75) is 13.0 Å². The first-order chi connectivity index (χ1) is 7.88. The average molecular weight is 234 g/mol. The van der Waals surface area contributed by atoms with E-state index in [1.807, 2.05) is 23.6 Å². The standard InChI is InChI=1S/C12H14N2OS/c13-5-4-10-2-1-3-11(8-10)15-9-12-14-6-7-16-12/h1-3,6-8H,4-5,9,13H2. The molecule has 3 nitrogen and oxygen atoms in total. The summed E-state index contributed by atoms with van der Waals surface area (Å²) >= 11 is 1.60. The molecule has 0 spiro atoms. The molecule has 1 aromatic heterocycles. The van der Waals surface area contributed by atoms with Crippen LogP contribution in [0.4, 0.5) is 0 Å². The summed E-state index contributed by atoms with van der Waals surface area (Å²) in [5, 5.41) is 2.94. The molecule has 0 aliphatic heterocycles. The van der Waals surface area contributed by atoms with Crippen molar-refractivity contribution in [3.05, 3.63) is 46.4 Å². The number of thiazole rings is 1. The maximum absolute atomic E-state index is 5.64. The van der Waals surface area contributed by atoms with E-state index in [9.17, 15) is 0 Å². The van der Waals surface area contributed by atoms with Gasteiger partial charge in [-0.1, -0.05) is 12.1 Å². The van der Waals surface area contributed by atoms with E-state index in [0.29, 0.717) is 13.2 Å². The first kappa shape index (κ1) is 11.1. The Morgan fingerprint density at radius 1 is 1.38 bits per heavy atom. The molecule has 0 aliphatic carbocycles. The third-order valence-electron chi connectivity index (χ3n) is 2.18. The van der Waals surface area contributed by atoms with Crippen LogP contribution >= 0.6 is 11.3 Å².